The van der Waals surface area contributed by atoms with E-state index in [1.165, 1.54) is 12.3 Å². The summed E-state index contributed by atoms with van der Waals surface area (Å²) in [6.45, 7) is 0. The van der Waals surface area contributed by atoms with Crippen LogP contribution in [0.3, 0.4) is 0 Å². The van der Waals surface area contributed by atoms with E-state index < -0.39 is 0 Å². The van der Waals surface area contributed by atoms with Crippen molar-refractivity contribution in [3.05, 3.63) is 59.3 Å². The second-order valence-electron chi connectivity index (χ2n) is 3.85. The Hall–Kier alpha value is -2.33. The molecule has 0 fully saturated rings. The molecular weight excluding hydrogens is 262 g/mol. The summed E-state index contributed by atoms with van der Waals surface area (Å²) in [6.07, 6.45) is 4.65. The maximum absolute atomic E-state index is 11.7. The SMILES string of the molecule is Nc1ccc(NC(=O)C=Cc2ccc(Cl)cc2)cn1. The number of nitrogens with zero attached hydrogens (tertiary/aromatic N) is 1. The van der Waals surface area contributed by atoms with Gasteiger partial charge in [0.25, 0.3) is 0 Å². The fraction of sp³-hybridized carbons (Fsp3) is 0. The molecular formula is C14H12ClN3O. The molecule has 2 aromatic rings. The smallest absolute Gasteiger partial charge is 0.248 e. The predicted octanol–water partition coefficient (Wildman–Crippen LogP) is 2.97. The number of benzene rings is 1. The fourth-order valence-electron chi connectivity index (χ4n) is 1.41. The summed E-state index contributed by atoms with van der Waals surface area (Å²) >= 11 is 5.77. The molecule has 1 aromatic heterocycles. The van der Waals surface area contributed by atoms with E-state index in [9.17, 15) is 4.79 Å². The topological polar surface area (TPSA) is 68.0 Å². The van der Waals surface area contributed by atoms with Gasteiger partial charge in [0.05, 0.1) is 11.9 Å². The van der Waals surface area contributed by atoms with Crippen molar-refractivity contribution in [1.29, 1.82) is 0 Å². The van der Waals surface area contributed by atoms with Crippen molar-refractivity contribution in [1.82, 2.24) is 4.98 Å². The standard InChI is InChI=1S/C14H12ClN3O/c15-11-4-1-10(2-5-11)3-8-14(19)18-12-6-7-13(16)17-9-12/h1-9H,(H2,16,17)(H,18,19). The molecule has 0 spiro atoms. The summed E-state index contributed by atoms with van der Waals surface area (Å²) < 4.78 is 0. The lowest BCUT2D eigenvalue weighted by Gasteiger charge is -2.01. The molecule has 96 valence electrons. The summed E-state index contributed by atoms with van der Waals surface area (Å²) in [4.78, 5) is 15.5. The molecule has 1 amide bonds. The van der Waals surface area contributed by atoms with Gasteiger partial charge in [0.2, 0.25) is 5.91 Å². The molecule has 4 nitrogen and oxygen atoms in total. The van der Waals surface area contributed by atoms with E-state index >= 15 is 0 Å². The van der Waals surface area contributed by atoms with E-state index in [0.717, 1.165) is 5.56 Å². The zero-order valence-corrected chi connectivity index (χ0v) is 10.8. The Balaban J connectivity index is 1.97. The van der Waals surface area contributed by atoms with Gasteiger partial charge in [-0.25, -0.2) is 4.98 Å². The van der Waals surface area contributed by atoms with Gasteiger partial charge in [0.1, 0.15) is 5.82 Å². The highest BCUT2D eigenvalue weighted by Gasteiger charge is 1.98. The molecule has 0 saturated heterocycles. The van der Waals surface area contributed by atoms with Crippen LogP contribution in [0.2, 0.25) is 5.02 Å². The van der Waals surface area contributed by atoms with Crippen molar-refractivity contribution in [2.24, 2.45) is 0 Å². The predicted molar refractivity (Wildman–Crippen MR) is 77.8 cm³/mol. The average Bonchev–Trinajstić information content (AvgIpc) is 2.41. The number of nitrogens with one attached hydrogen (secondary N) is 1. The summed E-state index contributed by atoms with van der Waals surface area (Å²) in [6, 6.07) is 10.5. The molecule has 0 aliphatic carbocycles. The van der Waals surface area contributed by atoms with Crippen LogP contribution in [0.1, 0.15) is 5.56 Å². The van der Waals surface area contributed by atoms with Crippen LogP contribution in [0.15, 0.2) is 48.7 Å². The highest BCUT2D eigenvalue weighted by molar-refractivity contribution is 6.30. The maximum Gasteiger partial charge on any atom is 0.248 e. The third-order valence-electron chi connectivity index (χ3n) is 2.35. The highest BCUT2D eigenvalue weighted by Crippen LogP contribution is 2.11. The minimum Gasteiger partial charge on any atom is -0.384 e. The van der Waals surface area contributed by atoms with Crippen molar-refractivity contribution in [3.8, 4) is 0 Å². The van der Waals surface area contributed by atoms with E-state index in [1.807, 2.05) is 12.1 Å². The summed E-state index contributed by atoms with van der Waals surface area (Å²) in [5, 5.41) is 3.34. The zero-order valence-electron chi connectivity index (χ0n) is 10.0. The molecule has 2 rings (SSSR count). The first kappa shape index (κ1) is 13.1. The molecule has 3 N–H and O–H groups in total. The minimum atomic E-state index is -0.235. The molecule has 19 heavy (non-hydrogen) atoms. The van der Waals surface area contributed by atoms with Crippen LogP contribution >= 0.6 is 11.6 Å². The van der Waals surface area contributed by atoms with E-state index in [-0.39, 0.29) is 5.91 Å². The fourth-order valence-corrected chi connectivity index (χ4v) is 1.53. The van der Waals surface area contributed by atoms with Crippen LogP contribution in [0.5, 0.6) is 0 Å². The molecule has 5 heteroatoms. The van der Waals surface area contributed by atoms with Gasteiger partial charge < -0.3 is 11.1 Å². The molecule has 0 aliphatic rings. The summed E-state index contributed by atoms with van der Waals surface area (Å²) in [5.41, 5.74) is 6.95. The number of pyridine rings is 1. The number of halogens is 1. The molecule has 1 aromatic carbocycles. The van der Waals surface area contributed by atoms with E-state index in [1.54, 1.807) is 30.3 Å². The molecule has 1 heterocycles. The second kappa shape index (κ2) is 6.02. The summed E-state index contributed by atoms with van der Waals surface area (Å²) in [7, 11) is 0. The van der Waals surface area contributed by atoms with Gasteiger partial charge in [0.15, 0.2) is 0 Å². The summed E-state index contributed by atoms with van der Waals surface area (Å²) in [5.74, 6) is 0.177. The number of hydrogen-bond acceptors (Lipinski definition) is 3. The van der Waals surface area contributed by atoms with Gasteiger partial charge in [-0.1, -0.05) is 23.7 Å². The Morgan fingerprint density at radius 2 is 1.95 bits per heavy atom. The molecule has 0 radical (unpaired) electrons. The number of anilines is 2. The van der Waals surface area contributed by atoms with Crippen molar-refractivity contribution in [3.63, 3.8) is 0 Å². The van der Waals surface area contributed by atoms with Gasteiger partial charge >= 0.3 is 0 Å². The normalized spacial score (nSPS) is 10.6. The molecule has 0 saturated carbocycles. The van der Waals surface area contributed by atoms with E-state index in [2.05, 4.69) is 10.3 Å². The van der Waals surface area contributed by atoms with Crippen LogP contribution in [0.25, 0.3) is 6.08 Å². The maximum atomic E-state index is 11.7. The number of amides is 1. The molecule has 0 atom stereocenters. The Kier molecular flexibility index (Phi) is 4.15. The van der Waals surface area contributed by atoms with Crippen molar-refractivity contribution in [2.75, 3.05) is 11.1 Å². The van der Waals surface area contributed by atoms with Crippen LogP contribution in [0.4, 0.5) is 11.5 Å². The average molecular weight is 274 g/mol. The lowest BCUT2D eigenvalue weighted by atomic mass is 10.2. The second-order valence-corrected chi connectivity index (χ2v) is 4.28. The first-order valence-corrected chi connectivity index (χ1v) is 5.97. The number of carbonyl (C=O) groups is 1. The number of aromatic nitrogens is 1. The van der Waals surface area contributed by atoms with Gasteiger partial charge in [0, 0.05) is 11.1 Å². The molecule has 0 bridgehead atoms. The Labute approximate surface area is 115 Å². The third kappa shape index (κ3) is 4.12. The van der Waals surface area contributed by atoms with Gasteiger partial charge in [-0.2, -0.15) is 0 Å². The number of nitrogen functional groups attached to an aromatic ring is 1. The van der Waals surface area contributed by atoms with Crippen molar-refractivity contribution >= 4 is 35.1 Å². The minimum absolute atomic E-state index is 0.235. The first-order valence-electron chi connectivity index (χ1n) is 5.59. The third-order valence-corrected chi connectivity index (χ3v) is 2.60. The largest absolute Gasteiger partial charge is 0.384 e. The number of hydrogen-bond donors (Lipinski definition) is 2. The Morgan fingerprint density at radius 3 is 2.58 bits per heavy atom. The highest BCUT2D eigenvalue weighted by atomic mass is 35.5. The number of carbonyl (C=O) groups excluding carboxylic acids is 1. The Morgan fingerprint density at radius 1 is 1.21 bits per heavy atom. The van der Waals surface area contributed by atoms with Crippen molar-refractivity contribution in [2.45, 2.75) is 0 Å². The van der Waals surface area contributed by atoms with Crippen LogP contribution in [-0.2, 0) is 4.79 Å². The monoisotopic (exact) mass is 273 g/mol. The molecule has 0 unspecified atom stereocenters. The number of nitrogens with two attached hydrogens (primary N) is 1. The van der Waals surface area contributed by atoms with E-state index in [0.29, 0.717) is 16.5 Å². The lowest BCUT2D eigenvalue weighted by Crippen LogP contribution is -2.08. The first-order chi connectivity index (χ1) is 9.13. The zero-order chi connectivity index (χ0) is 13.7. The quantitative estimate of drug-likeness (QED) is 0.845. The lowest BCUT2D eigenvalue weighted by molar-refractivity contribution is -0.111. The van der Waals surface area contributed by atoms with Gasteiger partial charge in [-0.15, -0.1) is 0 Å². The van der Waals surface area contributed by atoms with Gasteiger partial charge in [-0.3, -0.25) is 4.79 Å². The molecule has 0 aliphatic heterocycles. The van der Waals surface area contributed by atoms with Crippen molar-refractivity contribution < 1.29 is 4.79 Å². The Bertz CT molecular complexity index is 591. The van der Waals surface area contributed by atoms with Crippen LogP contribution in [0, 0.1) is 0 Å². The van der Waals surface area contributed by atoms with E-state index in [4.69, 9.17) is 17.3 Å². The van der Waals surface area contributed by atoms with Crippen LogP contribution < -0.4 is 11.1 Å². The van der Waals surface area contributed by atoms with Crippen LogP contribution in [-0.4, -0.2) is 10.9 Å². The number of rotatable bonds is 3. The van der Waals surface area contributed by atoms with Gasteiger partial charge in [-0.05, 0) is 35.9 Å².